The van der Waals surface area contributed by atoms with Crippen molar-refractivity contribution in [1.29, 1.82) is 0 Å². The molecule has 0 bridgehead atoms. The normalized spacial score (nSPS) is 10.5. The van der Waals surface area contributed by atoms with E-state index in [0.29, 0.717) is 0 Å². The fraction of sp³-hybridized carbons (Fsp3) is 0.600. The molecule has 0 fully saturated rings. The third-order valence-corrected chi connectivity index (χ3v) is 4.19. The number of hydrogen-bond acceptors (Lipinski definition) is 2. The molecular weight excluding hydrogens is 226 g/mol. The smallest absolute Gasteiger partial charge is 0.0410 e. The van der Waals surface area contributed by atoms with Gasteiger partial charge < -0.3 is 4.90 Å². The molecule has 0 unspecified atom stereocenters. The maximum atomic E-state index is 2.30. The molecule has 1 nitrogen and oxygen atoms in total. The van der Waals surface area contributed by atoms with Crippen LogP contribution < -0.4 is 4.90 Å². The molecule has 0 aliphatic heterocycles. The summed E-state index contributed by atoms with van der Waals surface area (Å²) in [5.41, 5.74) is 2.77. The Kier molecular flexibility index (Phi) is 7.37. The van der Waals surface area contributed by atoms with Gasteiger partial charge in [0.15, 0.2) is 0 Å². The van der Waals surface area contributed by atoms with Crippen LogP contribution in [0.15, 0.2) is 24.3 Å². The first-order valence-electron chi connectivity index (χ1n) is 6.38. The van der Waals surface area contributed by atoms with Crippen LogP contribution in [0.1, 0.15) is 40.2 Å². The summed E-state index contributed by atoms with van der Waals surface area (Å²) in [6, 6.07) is 8.68. The topological polar surface area (TPSA) is 3.24 Å². The summed E-state index contributed by atoms with van der Waals surface area (Å²) in [6.45, 7) is 11.8. The standard InChI is InChI=1S/C13H21NS.C2H6/c1-6-14(4)12-10-8-7-9-11(12)13(2,3)15-5;1-2/h7-10H,6H2,1-5H3;1-2H3. The van der Waals surface area contributed by atoms with Crippen LogP contribution in [-0.4, -0.2) is 19.8 Å². The highest BCUT2D eigenvalue weighted by molar-refractivity contribution is 7.99. The van der Waals surface area contributed by atoms with Crippen LogP contribution in [0.25, 0.3) is 0 Å². The molecule has 0 aromatic heterocycles. The van der Waals surface area contributed by atoms with Gasteiger partial charge >= 0.3 is 0 Å². The summed E-state index contributed by atoms with van der Waals surface area (Å²) >= 11 is 1.90. The fourth-order valence-electron chi connectivity index (χ4n) is 1.60. The van der Waals surface area contributed by atoms with Gasteiger partial charge in [-0.15, -0.1) is 0 Å². The number of rotatable bonds is 4. The molecule has 0 atom stereocenters. The highest BCUT2D eigenvalue weighted by Crippen LogP contribution is 2.38. The average Bonchev–Trinajstić information content (AvgIpc) is 2.40. The van der Waals surface area contributed by atoms with E-state index in [2.05, 4.69) is 63.2 Å². The lowest BCUT2D eigenvalue weighted by atomic mass is 9.99. The Morgan fingerprint density at radius 3 is 2.18 bits per heavy atom. The highest BCUT2D eigenvalue weighted by atomic mass is 32.2. The van der Waals surface area contributed by atoms with Crippen LogP contribution in [0, 0.1) is 0 Å². The number of anilines is 1. The van der Waals surface area contributed by atoms with E-state index in [-0.39, 0.29) is 4.75 Å². The predicted molar refractivity (Wildman–Crippen MR) is 83.3 cm³/mol. The van der Waals surface area contributed by atoms with E-state index in [0.717, 1.165) is 6.54 Å². The van der Waals surface area contributed by atoms with Gasteiger partial charge in [0.2, 0.25) is 0 Å². The van der Waals surface area contributed by atoms with Gasteiger partial charge in [-0.1, -0.05) is 32.0 Å². The summed E-state index contributed by atoms with van der Waals surface area (Å²) in [7, 11) is 2.15. The van der Waals surface area contributed by atoms with Gasteiger partial charge in [0.05, 0.1) is 0 Å². The third-order valence-electron chi connectivity index (χ3n) is 2.95. The van der Waals surface area contributed by atoms with E-state index in [1.54, 1.807) is 0 Å². The van der Waals surface area contributed by atoms with Crippen molar-refractivity contribution in [3.63, 3.8) is 0 Å². The van der Waals surface area contributed by atoms with Crippen molar-refractivity contribution < 1.29 is 0 Å². The van der Waals surface area contributed by atoms with Crippen LogP contribution in [0.2, 0.25) is 0 Å². The maximum absolute atomic E-state index is 2.30. The molecule has 17 heavy (non-hydrogen) atoms. The first-order chi connectivity index (χ1) is 8.03. The Morgan fingerprint density at radius 1 is 1.18 bits per heavy atom. The molecule has 0 radical (unpaired) electrons. The van der Waals surface area contributed by atoms with Crippen molar-refractivity contribution in [1.82, 2.24) is 0 Å². The molecule has 0 spiro atoms. The molecule has 1 aromatic carbocycles. The minimum atomic E-state index is 0.181. The number of nitrogens with zero attached hydrogens (tertiary/aromatic N) is 1. The van der Waals surface area contributed by atoms with Gasteiger partial charge in [-0.05, 0) is 38.7 Å². The highest BCUT2D eigenvalue weighted by Gasteiger charge is 2.22. The Hall–Kier alpha value is -0.630. The Bertz CT molecular complexity index is 320. The molecule has 0 aliphatic carbocycles. The van der Waals surface area contributed by atoms with Gasteiger partial charge in [-0.25, -0.2) is 0 Å². The molecule has 0 saturated carbocycles. The Balaban J connectivity index is 0.00000121. The third kappa shape index (κ3) is 4.27. The van der Waals surface area contributed by atoms with Gasteiger partial charge in [-0.2, -0.15) is 11.8 Å². The molecule has 0 N–H and O–H groups in total. The zero-order valence-corrected chi connectivity index (χ0v) is 13.2. The molecule has 0 amide bonds. The minimum Gasteiger partial charge on any atom is -0.375 e. The van der Waals surface area contributed by atoms with Gasteiger partial charge in [0.25, 0.3) is 0 Å². The van der Waals surface area contributed by atoms with Gasteiger partial charge in [0, 0.05) is 24.0 Å². The van der Waals surface area contributed by atoms with E-state index in [9.17, 15) is 0 Å². The van der Waals surface area contributed by atoms with Crippen LogP contribution in [0.5, 0.6) is 0 Å². The zero-order chi connectivity index (χ0) is 13.5. The van der Waals surface area contributed by atoms with Crippen molar-refractivity contribution >= 4 is 17.4 Å². The monoisotopic (exact) mass is 253 g/mol. The molecular formula is C15H27NS. The predicted octanol–water partition coefficient (Wildman–Crippen LogP) is 4.77. The molecule has 1 aromatic rings. The van der Waals surface area contributed by atoms with Crippen molar-refractivity contribution in [3.05, 3.63) is 29.8 Å². The Morgan fingerprint density at radius 2 is 1.71 bits per heavy atom. The lowest BCUT2D eigenvalue weighted by molar-refractivity contribution is 0.776. The van der Waals surface area contributed by atoms with Crippen LogP contribution in [0.3, 0.4) is 0 Å². The number of para-hydroxylation sites is 1. The van der Waals surface area contributed by atoms with E-state index in [1.165, 1.54) is 11.3 Å². The van der Waals surface area contributed by atoms with Gasteiger partial charge in [0.1, 0.15) is 0 Å². The summed E-state index contributed by atoms with van der Waals surface area (Å²) in [5.74, 6) is 0. The second-order valence-corrected chi connectivity index (χ2v) is 5.67. The molecule has 1 rings (SSSR count). The molecule has 2 heteroatoms. The van der Waals surface area contributed by atoms with E-state index < -0.39 is 0 Å². The lowest BCUT2D eigenvalue weighted by Crippen LogP contribution is -2.22. The minimum absolute atomic E-state index is 0.181. The van der Waals surface area contributed by atoms with E-state index in [1.807, 2.05) is 25.6 Å². The first-order valence-corrected chi connectivity index (χ1v) is 7.61. The first kappa shape index (κ1) is 16.4. The van der Waals surface area contributed by atoms with Crippen molar-refractivity contribution in [2.24, 2.45) is 0 Å². The fourth-order valence-corrected chi connectivity index (χ4v) is 1.99. The van der Waals surface area contributed by atoms with E-state index in [4.69, 9.17) is 0 Å². The number of thioether (sulfide) groups is 1. The second kappa shape index (κ2) is 7.65. The van der Waals surface area contributed by atoms with Crippen LogP contribution >= 0.6 is 11.8 Å². The zero-order valence-electron chi connectivity index (χ0n) is 12.4. The molecule has 98 valence electrons. The van der Waals surface area contributed by atoms with E-state index >= 15 is 0 Å². The van der Waals surface area contributed by atoms with Crippen molar-refractivity contribution in [2.75, 3.05) is 24.7 Å². The maximum Gasteiger partial charge on any atom is 0.0410 e. The van der Waals surface area contributed by atoms with Gasteiger partial charge in [-0.3, -0.25) is 0 Å². The molecule has 0 saturated heterocycles. The summed E-state index contributed by atoms with van der Waals surface area (Å²) in [4.78, 5) is 2.30. The largest absolute Gasteiger partial charge is 0.375 e. The molecule has 0 aliphatic rings. The quantitative estimate of drug-likeness (QED) is 0.760. The summed E-state index contributed by atoms with van der Waals surface area (Å²) in [6.07, 6.45) is 2.17. The Labute approximate surface area is 112 Å². The summed E-state index contributed by atoms with van der Waals surface area (Å²) in [5, 5.41) is 0. The summed E-state index contributed by atoms with van der Waals surface area (Å²) < 4.78 is 0.181. The van der Waals surface area contributed by atoms with Crippen LogP contribution in [0.4, 0.5) is 5.69 Å². The van der Waals surface area contributed by atoms with Crippen LogP contribution in [-0.2, 0) is 4.75 Å². The van der Waals surface area contributed by atoms with Crippen molar-refractivity contribution in [3.8, 4) is 0 Å². The molecule has 0 heterocycles. The lowest BCUT2D eigenvalue weighted by Gasteiger charge is -2.29. The SMILES string of the molecule is CC.CCN(C)c1ccccc1C(C)(C)SC. The number of hydrogen-bond donors (Lipinski definition) is 0. The average molecular weight is 253 g/mol. The number of benzene rings is 1. The van der Waals surface area contributed by atoms with Crippen molar-refractivity contribution in [2.45, 2.75) is 39.4 Å². The second-order valence-electron chi connectivity index (χ2n) is 4.25.